The van der Waals surface area contributed by atoms with Gasteiger partial charge >= 0.3 is 5.97 Å². The van der Waals surface area contributed by atoms with Gasteiger partial charge in [0.25, 0.3) is 0 Å². The predicted molar refractivity (Wildman–Crippen MR) is 96.1 cm³/mol. The van der Waals surface area contributed by atoms with E-state index in [1.165, 1.54) is 7.11 Å². The van der Waals surface area contributed by atoms with Crippen LogP contribution in [-0.4, -0.2) is 30.8 Å². The first kappa shape index (κ1) is 18.6. The van der Waals surface area contributed by atoms with Crippen LogP contribution in [0.15, 0.2) is 42.5 Å². The van der Waals surface area contributed by atoms with Crippen molar-refractivity contribution in [1.82, 2.24) is 5.32 Å². The third-order valence-electron chi connectivity index (χ3n) is 4.11. The fourth-order valence-corrected chi connectivity index (χ4v) is 2.65. The third-order valence-corrected chi connectivity index (χ3v) is 4.11. The Morgan fingerprint density at radius 2 is 1.80 bits per heavy atom. The van der Waals surface area contributed by atoms with Gasteiger partial charge in [0.05, 0.1) is 13.5 Å². The highest BCUT2D eigenvalue weighted by molar-refractivity contribution is 5.88. The summed E-state index contributed by atoms with van der Waals surface area (Å²) in [7, 11) is 1.27. The molecule has 5 heteroatoms. The number of ketones is 1. The molecule has 5 nitrogen and oxygen atoms in total. The van der Waals surface area contributed by atoms with E-state index >= 15 is 0 Å². The van der Waals surface area contributed by atoms with Crippen LogP contribution in [0.2, 0.25) is 0 Å². The standard InChI is InChI=1S/C20H23NO4/c1-3-17(22)10-11-18(20(24)25-2)21-19(23)13-14-8-9-15-6-4-5-7-16(15)12-14/h4-9,12,18H,3,10-11,13H2,1-2H3,(H,21,23)/t18-/m0/s1. The van der Waals surface area contributed by atoms with E-state index < -0.39 is 12.0 Å². The molecule has 0 radical (unpaired) electrons. The van der Waals surface area contributed by atoms with Gasteiger partial charge in [-0.25, -0.2) is 4.79 Å². The molecule has 2 aromatic rings. The number of carbonyl (C=O) groups is 3. The SMILES string of the molecule is CCC(=O)CC[C@H](NC(=O)Cc1ccc2ccccc2c1)C(=O)OC. The predicted octanol–water partition coefficient (Wildman–Crippen LogP) is 2.80. The molecule has 0 saturated carbocycles. The lowest BCUT2D eigenvalue weighted by molar-refractivity contribution is -0.145. The Labute approximate surface area is 147 Å². The molecule has 2 aromatic carbocycles. The molecule has 0 aliphatic rings. The van der Waals surface area contributed by atoms with E-state index in [2.05, 4.69) is 5.32 Å². The second-order valence-electron chi connectivity index (χ2n) is 5.93. The Morgan fingerprint density at radius 1 is 1.08 bits per heavy atom. The molecule has 0 aliphatic heterocycles. The largest absolute Gasteiger partial charge is 0.467 e. The fraction of sp³-hybridized carbons (Fsp3) is 0.350. The number of hydrogen-bond donors (Lipinski definition) is 1. The zero-order chi connectivity index (χ0) is 18.2. The van der Waals surface area contributed by atoms with Crippen LogP contribution in [0, 0.1) is 0 Å². The van der Waals surface area contributed by atoms with Crippen molar-refractivity contribution < 1.29 is 19.1 Å². The maximum Gasteiger partial charge on any atom is 0.328 e. The van der Waals surface area contributed by atoms with Crippen molar-refractivity contribution in [3.8, 4) is 0 Å². The number of Topliss-reactive ketones (excluding diaryl/α,β-unsaturated/α-hetero) is 1. The van der Waals surface area contributed by atoms with Crippen LogP contribution in [-0.2, 0) is 25.5 Å². The number of esters is 1. The van der Waals surface area contributed by atoms with E-state index in [-0.39, 0.29) is 31.0 Å². The van der Waals surface area contributed by atoms with E-state index in [1.54, 1.807) is 6.92 Å². The molecular formula is C20H23NO4. The minimum Gasteiger partial charge on any atom is -0.467 e. The van der Waals surface area contributed by atoms with Gasteiger partial charge in [0, 0.05) is 12.8 Å². The number of ether oxygens (including phenoxy) is 1. The molecule has 0 aromatic heterocycles. The van der Waals surface area contributed by atoms with E-state index in [0.717, 1.165) is 16.3 Å². The van der Waals surface area contributed by atoms with Crippen molar-refractivity contribution in [2.75, 3.05) is 7.11 Å². The molecule has 0 saturated heterocycles. The second-order valence-corrected chi connectivity index (χ2v) is 5.93. The highest BCUT2D eigenvalue weighted by Gasteiger charge is 2.22. The molecule has 0 fully saturated rings. The molecule has 25 heavy (non-hydrogen) atoms. The van der Waals surface area contributed by atoms with E-state index in [4.69, 9.17) is 4.74 Å². The molecule has 0 bridgehead atoms. The smallest absolute Gasteiger partial charge is 0.328 e. The first-order valence-electron chi connectivity index (χ1n) is 8.40. The van der Waals surface area contributed by atoms with Gasteiger partial charge < -0.3 is 10.1 Å². The van der Waals surface area contributed by atoms with Crippen molar-refractivity contribution >= 4 is 28.4 Å². The Balaban J connectivity index is 2.01. The average Bonchev–Trinajstić information content (AvgIpc) is 2.63. The highest BCUT2D eigenvalue weighted by Crippen LogP contribution is 2.16. The van der Waals surface area contributed by atoms with E-state index in [9.17, 15) is 14.4 Å². The molecule has 0 aliphatic carbocycles. The third kappa shape index (κ3) is 5.41. The first-order valence-corrected chi connectivity index (χ1v) is 8.40. The summed E-state index contributed by atoms with van der Waals surface area (Å²) in [4.78, 5) is 35.6. The van der Waals surface area contributed by atoms with Gasteiger partial charge in [-0.15, -0.1) is 0 Å². The molecule has 0 heterocycles. The summed E-state index contributed by atoms with van der Waals surface area (Å²) in [5, 5.41) is 4.85. The number of nitrogens with one attached hydrogen (secondary N) is 1. The maximum atomic E-state index is 12.3. The van der Waals surface area contributed by atoms with Crippen LogP contribution in [0.25, 0.3) is 10.8 Å². The Kier molecular flexibility index (Phi) is 6.69. The van der Waals surface area contributed by atoms with Crippen LogP contribution in [0.4, 0.5) is 0 Å². The minimum absolute atomic E-state index is 0.0534. The van der Waals surface area contributed by atoms with Crippen LogP contribution < -0.4 is 5.32 Å². The van der Waals surface area contributed by atoms with Gasteiger partial charge in [-0.2, -0.15) is 0 Å². The van der Waals surface area contributed by atoms with Gasteiger partial charge in [-0.05, 0) is 22.8 Å². The quantitative estimate of drug-likeness (QED) is 0.750. The number of amides is 1. The number of hydrogen-bond acceptors (Lipinski definition) is 4. The van der Waals surface area contributed by atoms with Gasteiger partial charge in [0.2, 0.25) is 5.91 Å². The van der Waals surface area contributed by atoms with Crippen LogP contribution >= 0.6 is 0 Å². The summed E-state index contributed by atoms with van der Waals surface area (Å²) < 4.78 is 4.72. The van der Waals surface area contributed by atoms with Crippen molar-refractivity contribution in [2.24, 2.45) is 0 Å². The topological polar surface area (TPSA) is 72.5 Å². The monoisotopic (exact) mass is 341 g/mol. The molecule has 1 N–H and O–H groups in total. The summed E-state index contributed by atoms with van der Waals surface area (Å²) in [6, 6.07) is 12.9. The van der Waals surface area contributed by atoms with Gasteiger partial charge in [-0.1, -0.05) is 49.4 Å². The van der Waals surface area contributed by atoms with E-state index in [1.807, 2.05) is 42.5 Å². The number of benzene rings is 2. The zero-order valence-corrected chi connectivity index (χ0v) is 14.6. The fourth-order valence-electron chi connectivity index (χ4n) is 2.65. The number of rotatable bonds is 8. The van der Waals surface area contributed by atoms with E-state index in [0.29, 0.717) is 6.42 Å². The summed E-state index contributed by atoms with van der Waals surface area (Å²) in [5.74, 6) is -0.747. The zero-order valence-electron chi connectivity index (χ0n) is 14.6. The summed E-state index contributed by atoms with van der Waals surface area (Å²) >= 11 is 0. The Bertz CT molecular complexity index is 769. The molecule has 2 rings (SSSR count). The Hall–Kier alpha value is -2.69. The Morgan fingerprint density at radius 3 is 2.48 bits per heavy atom. The number of fused-ring (bicyclic) bond motifs is 1. The van der Waals surface area contributed by atoms with Crippen molar-refractivity contribution in [3.63, 3.8) is 0 Å². The first-order chi connectivity index (χ1) is 12.0. The van der Waals surface area contributed by atoms with Crippen molar-refractivity contribution in [3.05, 3.63) is 48.0 Å². The molecule has 0 spiro atoms. The average molecular weight is 341 g/mol. The number of carbonyl (C=O) groups excluding carboxylic acids is 3. The van der Waals surface area contributed by atoms with Crippen molar-refractivity contribution in [2.45, 2.75) is 38.6 Å². The van der Waals surface area contributed by atoms with Gasteiger partial charge in [0.1, 0.15) is 11.8 Å². The minimum atomic E-state index is -0.798. The van der Waals surface area contributed by atoms with Crippen LogP contribution in [0.5, 0.6) is 0 Å². The van der Waals surface area contributed by atoms with Crippen molar-refractivity contribution in [1.29, 1.82) is 0 Å². The molecule has 132 valence electrons. The van der Waals surface area contributed by atoms with Crippen LogP contribution in [0.1, 0.15) is 31.7 Å². The van der Waals surface area contributed by atoms with Crippen LogP contribution in [0.3, 0.4) is 0 Å². The summed E-state index contributed by atoms with van der Waals surface area (Å²) in [6.45, 7) is 1.77. The second kappa shape index (κ2) is 8.97. The lowest BCUT2D eigenvalue weighted by Crippen LogP contribution is -2.42. The maximum absolute atomic E-state index is 12.3. The molecule has 1 amide bonds. The molecule has 0 unspecified atom stereocenters. The summed E-state index contributed by atoms with van der Waals surface area (Å²) in [5.41, 5.74) is 0.865. The number of methoxy groups -OCH3 is 1. The highest BCUT2D eigenvalue weighted by atomic mass is 16.5. The lowest BCUT2D eigenvalue weighted by atomic mass is 10.0. The summed E-state index contributed by atoms with van der Waals surface area (Å²) in [6.07, 6.45) is 1.08. The molecule has 1 atom stereocenters. The lowest BCUT2D eigenvalue weighted by Gasteiger charge is -2.16. The molecular weight excluding hydrogens is 318 g/mol. The normalized spacial score (nSPS) is 11.8. The van der Waals surface area contributed by atoms with Gasteiger partial charge in [-0.3, -0.25) is 9.59 Å². The van der Waals surface area contributed by atoms with Gasteiger partial charge in [0.15, 0.2) is 0 Å².